The van der Waals surface area contributed by atoms with Gasteiger partial charge in [-0.3, -0.25) is 18.9 Å². The van der Waals surface area contributed by atoms with E-state index in [2.05, 4.69) is 10.1 Å². The van der Waals surface area contributed by atoms with Crippen LogP contribution in [0.5, 0.6) is 0 Å². The maximum Gasteiger partial charge on any atom is 0.358 e. The molecule has 136 valence electrons. The Hall–Kier alpha value is -2.72. The van der Waals surface area contributed by atoms with E-state index in [0.717, 1.165) is 11.0 Å². The van der Waals surface area contributed by atoms with Crippen molar-refractivity contribution >= 4 is 30.4 Å². The van der Waals surface area contributed by atoms with Gasteiger partial charge < -0.3 is 19.9 Å². The van der Waals surface area contributed by atoms with Crippen molar-refractivity contribution in [3.05, 3.63) is 42.5 Å². The third-order valence-electron chi connectivity index (χ3n) is 3.51. The summed E-state index contributed by atoms with van der Waals surface area (Å²) in [6, 6.07) is 7.56. The highest BCUT2D eigenvalue weighted by molar-refractivity contribution is 7.61. The number of aromatic nitrogens is 3. The van der Waals surface area contributed by atoms with E-state index in [1.165, 1.54) is 12.1 Å². The molecule has 1 aromatic carbocycles. The molecule has 2 heterocycles. The van der Waals surface area contributed by atoms with Gasteiger partial charge in [0.1, 0.15) is 6.33 Å². The number of primary amides is 1. The zero-order valence-corrected chi connectivity index (χ0v) is 14.0. The molecule has 3 rings (SSSR count). The fourth-order valence-electron chi connectivity index (χ4n) is 2.22. The van der Waals surface area contributed by atoms with Crippen LogP contribution in [0.25, 0.3) is 0 Å². The van der Waals surface area contributed by atoms with Crippen LogP contribution < -0.4 is 11.0 Å². The highest BCUT2D eigenvalue weighted by Crippen LogP contribution is 2.41. The minimum absolute atomic E-state index is 0.0377. The maximum absolute atomic E-state index is 12.2. The van der Waals surface area contributed by atoms with Crippen molar-refractivity contribution in [1.82, 2.24) is 14.8 Å². The SMILES string of the molecule is NC(=O)c1ncn([C@@H]2O[C@H](COP(=O)(O)c3ccccc3)C(=O)C2=O)n1. The fourth-order valence-corrected chi connectivity index (χ4v) is 3.25. The lowest BCUT2D eigenvalue weighted by Gasteiger charge is -2.15. The van der Waals surface area contributed by atoms with Crippen LogP contribution in [-0.4, -0.2) is 49.8 Å². The van der Waals surface area contributed by atoms with E-state index in [1.54, 1.807) is 18.2 Å². The average Bonchev–Trinajstić information content (AvgIpc) is 3.21. The molecule has 1 saturated heterocycles. The minimum atomic E-state index is -4.18. The Balaban J connectivity index is 1.70. The summed E-state index contributed by atoms with van der Waals surface area (Å²) in [4.78, 5) is 48.6. The Morgan fingerprint density at radius 1 is 1.31 bits per heavy atom. The van der Waals surface area contributed by atoms with Gasteiger partial charge in [-0.2, -0.15) is 0 Å². The lowest BCUT2D eigenvalue weighted by atomic mass is 10.2. The number of carbonyl (C=O) groups excluding carboxylic acids is 3. The molecule has 1 aliphatic rings. The molecule has 1 fully saturated rings. The summed E-state index contributed by atoms with van der Waals surface area (Å²) < 4.78 is 23.3. The molecule has 1 aromatic heterocycles. The van der Waals surface area contributed by atoms with Crippen LogP contribution in [0.15, 0.2) is 36.7 Å². The van der Waals surface area contributed by atoms with Crippen molar-refractivity contribution in [3.63, 3.8) is 0 Å². The van der Waals surface area contributed by atoms with Crippen LogP contribution in [0.2, 0.25) is 0 Å². The number of nitrogens with zero attached hydrogens (tertiary/aromatic N) is 3. The second-order valence-corrected chi connectivity index (χ2v) is 7.09. The number of benzene rings is 1. The molecule has 3 N–H and O–H groups in total. The van der Waals surface area contributed by atoms with E-state index < -0.39 is 44.0 Å². The highest BCUT2D eigenvalue weighted by atomic mass is 31.2. The first-order valence-corrected chi connectivity index (χ1v) is 8.85. The van der Waals surface area contributed by atoms with Gasteiger partial charge in [0.05, 0.1) is 11.9 Å². The van der Waals surface area contributed by atoms with Crippen molar-refractivity contribution in [2.24, 2.45) is 5.73 Å². The molecular weight excluding hydrogens is 367 g/mol. The van der Waals surface area contributed by atoms with E-state index in [9.17, 15) is 23.8 Å². The van der Waals surface area contributed by atoms with E-state index in [0.29, 0.717) is 0 Å². The van der Waals surface area contributed by atoms with Crippen molar-refractivity contribution in [2.75, 3.05) is 6.61 Å². The Labute approximate surface area is 146 Å². The van der Waals surface area contributed by atoms with Crippen molar-refractivity contribution in [1.29, 1.82) is 0 Å². The number of amides is 1. The molecular formula is C14H13N4O7P. The molecule has 26 heavy (non-hydrogen) atoms. The van der Waals surface area contributed by atoms with E-state index in [1.807, 2.05) is 0 Å². The fraction of sp³-hybridized carbons (Fsp3) is 0.214. The molecule has 0 radical (unpaired) electrons. The van der Waals surface area contributed by atoms with Gasteiger partial charge in [0.15, 0.2) is 6.10 Å². The number of carbonyl (C=O) groups is 3. The van der Waals surface area contributed by atoms with Gasteiger partial charge in [-0.15, -0.1) is 5.10 Å². The molecule has 1 unspecified atom stereocenters. The molecule has 0 spiro atoms. The number of hydrogen-bond donors (Lipinski definition) is 2. The Morgan fingerprint density at radius 3 is 2.62 bits per heavy atom. The zero-order chi connectivity index (χ0) is 18.9. The quantitative estimate of drug-likeness (QED) is 0.469. The number of Topliss-reactive ketones (excluding diaryl/α,β-unsaturated/α-hetero) is 2. The first-order valence-electron chi connectivity index (χ1n) is 7.27. The number of hydrogen-bond acceptors (Lipinski definition) is 8. The molecule has 11 nitrogen and oxygen atoms in total. The van der Waals surface area contributed by atoms with Gasteiger partial charge in [0.2, 0.25) is 17.8 Å². The summed E-state index contributed by atoms with van der Waals surface area (Å²) in [6.07, 6.45) is -1.83. The topological polar surface area (TPSA) is 164 Å². The summed E-state index contributed by atoms with van der Waals surface area (Å²) >= 11 is 0. The monoisotopic (exact) mass is 380 g/mol. The van der Waals surface area contributed by atoms with Gasteiger partial charge in [0.25, 0.3) is 11.7 Å². The van der Waals surface area contributed by atoms with Crippen LogP contribution in [0.4, 0.5) is 0 Å². The lowest BCUT2D eigenvalue weighted by Crippen LogP contribution is -2.25. The van der Waals surface area contributed by atoms with Gasteiger partial charge >= 0.3 is 7.60 Å². The van der Waals surface area contributed by atoms with Gasteiger partial charge in [-0.25, -0.2) is 9.67 Å². The maximum atomic E-state index is 12.2. The summed E-state index contributed by atoms with van der Waals surface area (Å²) in [5.41, 5.74) is 5.02. The van der Waals surface area contributed by atoms with E-state index >= 15 is 0 Å². The number of ether oxygens (including phenoxy) is 1. The summed E-state index contributed by atoms with van der Waals surface area (Å²) in [7, 11) is -4.18. The lowest BCUT2D eigenvalue weighted by molar-refractivity contribution is -0.136. The van der Waals surface area contributed by atoms with E-state index in [4.69, 9.17) is 15.0 Å². The molecule has 0 saturated carbocycles. The average molecular weight is 380 g/mol. The summed E-state index contributed by atoms with van der Waals surface area (Å²) in [5, 5.41) is 3.69. The molecule has 1 amide bonds. The van der Waals surface area contributed by atoms with Crippen molar-refractivity contribution in [3.8, 4) is 0 Å². The number of ketones is 2. The molecule has 0 aliphatic carbocycles. The highest BCUT2D eigenvalue weighted by Gasteiger charge is 2.45. The molecule has 2 aromatic rings. The summed E-state index contributed by atoms with van der Waals surface area (Å²) in [6.45, 7) is -0.610. The summed E-state index contributed by atoms with van der Waals surface area (Å²) in [5.74, 6) is -3.16. The van der Waals surface area contributed by atoms with Crippen LogP contribution in [-0.2, 0) is 23.4 Å². The minimum Gasteiger partial charge on any atom is -0.363 e. The predicted molar refractivity (Wildman–Crippen MR) is 84.3 cm³/mol. The normalized spacial score (nSPS) is 22.3. The first kappa shape index (κ1) is 18.1. The molecule has 1 aliphatic heterocycles. The van der Waals surface area contributed by atoms with E-state index in [-0.39, 0.29) is 11.1 Å². The third kappa shape index (κ3) is 3.46. The largest absolute Gasteiger partial charge is 0.363 e. The standard InChI is InChI=1S/C14H13N4O7P/c15-12(21)13-16-7-18(17-13)14-11(20)10(19)9(25-14)6-24-26(22,23)8-4-2-1-3-5-8/h1-5,7,9,14H,6H2,(H2,15,21)(H,22,23)/t9-,14-/m1/s1. The second kappa shape index (κ2) is 6.89. The van der Waals surface area contributed by atoms with Crippen LogP contribution in [0.1, 0.15) is 16.8 Å². The van der Waals surface area contributed by atoms with Crippen LogP contribution >= 0.6 is 7.60 Å². The van der Waals surface area contributed by atoms with Crippen molar-refractivity contribution in [2.45, 2.75) is 12.3 Å². The molecule has 0 bridgehead atoms. The smallest absolute Gasteiger partial charge is 0.358 e. The zero-order valence-electron chi connectivity index (χ0n) is 13.1. The Morgan fingerprint density at radius 2 is 2.00 bits per heavy atom. The van der Waals surface area contributed by atoms with Gasteiger partial charge in [0, 0.05) is 0 Å². The predicted octanol–water partition coefficient (Wildman–Crippen LogP) is -1.06. The van der Waals surface area contributed by atoms with Gasteiger partial charge in [-0.05, 0) is 12.1 Å². The van der Waals surface area contributed by atoms with Crippen molar-refractivity contribution < 1.29 is 33.1 Å². The Bertz CT molecular complexity index is 913. The van der Waals surface area contributed by atoms with Crippen LogP contribution in [0.3, 0.4) is 0 Å². The number of rotatable bonds is 6. The molecule has 12 heteroatoms. The van der Waals surface area contributed by atoms with Crippen LogP contribution in [0, 0.1) is 0 Å². The number of nitrogens with two attached hydrogens (primary N) is 1. The first-order chi connectivity index (χ1) is 12.3. The second-order valence-electron chi connectivity index (χ2n) is 5.27. The third-order valence-corrected chi connectivity index (χ3v) is 4.96. The molecule has 3 atom stereocenters. The Kier molecular flexibility index (Phi) is 4.79. The van der Waals surface area contributed by atoms with Gasteiger partial charge in [-0.1, -0.05) is 18.2 Å².